The first-order chi connectivity index (χ1) is 14.7. The van der Waals surface area contributed by atoms with Gasteiger partial charge < -0.3 is 15.4 Å². The molecule has 1 unspecified atom stereocenters. The van der Waals surface area contributed by atoms with Crippen molar-refractivity contribution in [2.75, 3.05) is 25.5 Å². The van der Waals surface area contributed by atoms with E-state index in [2.05, 4.69) is 41.5 Å². The number of alkyl carbamates (subject to hydrolysis) is 1. The van der Waals surface area contributed by atoms with Gasteiger partial charge in [-0.3, -0.25) is 29.4 Å². The number of methoxy groups -OCH3 is 1. The van der Waals surface area contributed by atoms with Crippen molar-refractivity contribution in [3.63, 3.8) is 0 Å². The Labute approximate surface area is 180 Å². The molecule has 0 saturated carbocycles. The number of nitrogens with zero attached hydrogens (tertiary/aromatic N) is 1. The van der Waals surface area contributed by atoms with E-state index < -0.39 is 35.8 Å². The molecule has 10 nitrogen and oxygen atoms in total. The van der Waals surface area contributed by atoms with Crippen LogP contribution in [0, 0.1) is 5.92 Å². The number of piperidine rings is 1. The highest BCUT2D eigenvalue weighted by Crippen LogP contribution is 2.32. The van der Waals surface area contributed by atoms with Crippen molar-refractivity contribution < 1.29 is 28.7 Å². The van der Waals surface area contributed by atoms with Gasteiger partial charge >= 0.3 is 6.09 Å². The molecule has 31 heavy (non-hydrogen) atoms. The van der Waals surface area contributed by atoms with Crippen LogP contribution in [0.1, 0.15) is 54.3 Å². The van der Waals surface area contributed by atoms with Crippen LogP contribution in [0.3, 0.4) is 0 Å². The molecule has 0 spiro atoms. The summed E-state index contributed by atoms with van der Waals surface area (Å²) < 4.78 is 4.46. The number of anilines is 1. The fourth-order valence-corrected chi connectivity index (χ4v) is 3.10. The first kappa shape index (κ1) is 23.8. The Hall–Kier alpha value is -3.43. The molecular weight excluding hydrogens is 404 g/mol. The van der Waals surface area contributed by atoms with E-state index >= 15 is 0 Å². The Balaban J connectivity index is 0.000000785. The maximum atomic E-state index is 12.9. The SMILES string of the molecule is CC(C)C.COC(=O)NCCNc1cccc2c1C(=O)N(C1CCC(=O)NC1=O)C2=O. The molecular formula is C21H28N4O6. The number of hydrogen-bond acceptors (Lipinski definition) is 7. The van der Waals surface area contributed by atoms with Gasteiger partial charge in [-0.15, -0.1) is 0 Å². The highest BCUT2D eigenvalue weighted by molar-refractivity contribution is 6.25. The van der Waals surface area contributed by atoms with Crippen LogP contribution in [-0.4, -0.2) is 60.9 Å². The van der Waals surface area contributed by atoms with Crippen molar-refractivity contribution in [3.05, 3.63) is 29.3 Å². The van der Waals surface area contributed by atoms with Gasteiger partial charge in [-0.2, -0.15) is 0 Å². The number of hydrogen-bond donors (Lipinski definition) is 3. The lowest BCUT2D eigenvalue weighted by atomic mass is 10.0. The van der Waals surface area contributed by atoms with E-state index in [1.54, 1.807) is 12.1 Å². The van der Waals surface area contributed by atoms with Crippen LogP contribution in [0.25, 0.3) is 0 Å². The second-order valence-corrected chi connectivity index (χ2v) is 7.75. The van der Waals surface area contributed by atoms with E-state index in [0.29, 0.717) is 12.2 Å². The molecule has 2 aliphatic heterocycles. The molecule has 5 amide bonds. The number of imide groups is 2. The Morgan fingerprint density at radius 1 is 1.16 bits per heavy atom. The average Bonchev–Trinajstić information content (AvgIpc) is 2.96. The van der Waals surface area contributed by atoms with Gasteiger partial charge in [0.1, 0.15) is 6.04 Å². The highest BCUT2D eigenvalue weighted by atomic mass is 16.5. The molecule has 0 bridgehead atoms. The summed E-state index contributed by atoms with van der Waals surface area (Å²) in [6.45, 7) is 7.04. The number of benzene rings is 1. The third kappa shape index (κ3) is 5.80. The number of rotatable bonds is 5. The lowest BCUT2D eigenvalue weighted by Gasteiger charge is -2.27. The van der Waals surface area contributed by atoms with Gasteiger partial charge in [-0.1, -0.05) is 26.8 Å². The van der Waals surface area contributed by atoms with Crippen molar-refractivity contribution in [1.82, 2.24) is 15.5 Å². The van der Waals surface area contributed by atoms with Gasteiger partial charge in [0.15, 0.2) is 0 Å². The molecule has 1 fully saturated rings. The Morgan fingerprint density at radius 3 is 2.45 bits per heavy atom. The Bertz CT molecular complexity index is 880. The number of nitrogens with one attached hydrogen (secondary N) is 3. The summed E-state index contributed by atoms with van der Waals surface area (Å²) in [6.07, 6.45) is -0.416. The van der Waals surface area contributed by atoms with Crippen molar-refractivity contribution >= 4 is 35.4 Å². The average molecular weight is 432 g/mol. The number of fused-ring (bicyclic) bond motifs is 1. The van der Waals surface area contributed by atoms with Crippen molar-refractivity contribution in [3.8, 4) is 0 Å². The maximum Gasteiger partial charge on any atom is 0.406 e. The normalized spacial score (nSPS) is 17.6. The molecule has 3 rings (SSSR count). The summed E-state index contributed by atoms with van der Waals surface area (Å²) in [4.78, 5) is 60.9. The third-order valence-corrected chi connectivity index (χ3v) is 4.36. The maximum absolute atomic E-state index is 12.9. The standard InChI is InChI=1S/C17H18N4O6.C4H10/c1-27-17(26)19-8-7-18-10-4-2-3-9-13(10)16(25)21(15(9)24)11-5-6-12(22)20-14(11)23;1-4(2)3/h2-4,11,18H,5-8H2,1H3,(H,19,26)(H,20,22,23);4H,1-3H3. The van der Waals surface area contributed by atoms with Crippen molar-refractivity contribution in [2.45, 2.75) is 39.7 Å². The van der Waals surface area contributed by atoms with Crippen LogP contribution in [0.5, 0.6) is 0 Å². The molecule has 1 saturated heterocycles. The molecule has 0 aliphatic carbocycles. The molecule has 168 valence electrons. The molecule has 0 radical (unpaired) electrons. The van der Waals surface area contributed by atoms with Gasteiger partial charge in [0, 0.05) is 25.2 Å². The number of amides is 5. The van der Waals surface area contributed by atoms with Gasteiger partial charge in [0.25, 0.3) is 11.8 Å². The van der Waals surface area contributed by atoms with E-state index in [9.17, 15) is 24.0 Å². The zero-order chi connectivity index (χ0) is 23.1. The first-order valence-electron chi connectivity index (χ1n) is 10.1. The highest BCUT2D eigenvalue weighted by Gasteiger charge is 2.45. The van der Waals surface area contributed by atoms with Crippen molar-refractivity contribution in [2.24, 2.45) is 5.92 Å². The van der Waals surface area contributed by atoms with Crippen LogP contribution in [0.4, 0.5) is 10.5 Å². The summed E-state index contributed by atoms with van der Waals surface area (Å²) in [5.74, 6) is -1.40. The molecule has 10 heteroatoms. The minimum atomic E-state index is -1.01. The predicted octanol–water partition coefficient (Wildman–Crippen LogP) is 1.52. The van der Waals surface area contributed by atoms with E-state index in [1.807, 2.05) is 0 Å². The lowest BCUT2D eigenvalue weighted by molar-refractivity contribution is -0.136. The predicted molar refractivity (Wildman–Crippen MR) is 113 cm³/mol. The largest absolute Gasteiger partial charge is 0.453 e. The van der Waals surface area contributed by atoms with Crippen molar-refractivity contribution in [1.29, 1.82) is 0 Å². The minimum Gasteiger partial charge on any atom is -0.453 e. The molecule has 1 atom stereocenters. The van der Waals surface area contributed by atoms with Gasteiger partial charge in [0.05, 0.1) is 18.2 Å². The van der Waals surface area contributed by atoms with Crippen LogP contribution in [0.2, 0.25) is 0 Å². The topological polar surface area (TPSA) is 134 Å². The van der Waals surface area contributed by atoms with Crippen LogP contribution in [0.15, 0.2) is 18.2 Å². The molecule has 3 N–H and O–H groups in total. The molecule has 2 heterocycles. The molecule has 1 aromatic rings. The van der Waals surface area contributed by atoms with E-state index in [4.69, 9.17) is 0 Å². The first-order valence-corrected chi connectivity index (χ1v) is 10.1. The van der Waals surface area contributed by atoms with E-state index in [-0.39, 0.29) is 30.5 Å². The van der Waals surface area contributed by atoms with E-state index in [1.165, 1.54) is 13.2 Å². The van der Waals surface area contributed by atoms with Gasteiger partial charge in [0.2, 0.25) is 11.8 Å². The van der Waals surface area contributed by atoms with Crippen LogP contribution >= 0.6 is 0 Å². The van der Waals surface area contributed by atoms with Gasteiger partial charge in [-0.25, -0.2) is 4.79 Å². The Morgan fingerprint density at radius 2 is 1.84 bits per heavy atom. The zero-order valence-corrected chi connectivity index (χ0v) is 18.1. The lowest BCUT2D eigenvalue weighted by Crippen LogP contribution is -2.54. The summed E-state index contributed by atoms with van der Waals surface area (Å²) in [6, 6.07) is 3.76. The monoisotopic (exact) mass is 432 g/mol. The second-order valence-electron chi connectivity index (χ2n) is 7.75. The van der Waals surface area contributed by atoms with Crippen LogP contribution in [-0.2, 0) is 14.3 Å². The smallest absolute Gasteiger partial charge is 0.406 e. The molecule has 2 aliphatic rings. The second kappa shape index (κ2) is 10.6. The van der Waals surface area contributed by atoms with Crippen LogP contribution < -0.4 is 16.0 Å². The quantitative estimate of drug-likeness (QED) is 0.474. The summed E-state index contributed by atoms with van der Waals surface area (Å²) in [5.41, 5.74) is 0.785. The summed E-state index contributed by atoms with van der Waals surface area (Å²) >= 11 is 0. The summed E-state index contributed by atoms with van der Waals surface area (Å²) in [5, 5.41) is 7.64. The fourth-order valence-electron chi connectivity index (χ4n) is 3.10. The fraction of sp³-hybridized carbons (Fsp3) is 0.476. The van der Waals surface area contributed by atoms with E-state index in [0.717, 1.165) is 10.8 Å². The number of carbonyl (C=O) groups excluding carboxylic acids is 5. The Kier molecular flexibility index (Phi) is 8.12. The third-order valence-electron chi connectivity index (χ3n) is 4.36. The zero-order valence-electron chi connectivity index (χ0n) is 18.1. The molecule has 0 aromatic heterocycles. The number of carbonyl (C=O) groups is 5. The molecule has 1 aromatic carbocycles. The minimum absolute atomic E-state index is 0.0636. The van der Waals surface area contributed by atoms with Gasteiger partial charge in [-0.05, 0) is 24.5 Å². The summed E-state index contributed by atoms with van der Waals surface area (Å²) in [7, 11) is 1.25. The number of ether oxygens (including phenoxy) is 1.